The predicted octanol–water partition coefficient (Wildman–Crippen LogP) is -0.304. The second kappa shape index (κ2) is 4.75. The Bertz CT molecular complexity index is 482. The first-order valence-electron chi connectivity index (χ1n) is 5.71. The number of piperidine rings is 1. The first kappa shape index (κ1) is 12.5. The van der Waals surface area contributed by atoms with E-state index in [2.05, 4.69) is 15.1 Å². The molecule has 1 aromatic rings. The summed E-state index contributed by atoms with van der Waals surface area (Å²) in [4.78, 5) is 0.228. The molecular formula is C10H18N4O2S. The third-order valence-corrected chi connectivity index (χ3v) is 4.53. The molecule has 0 bridgehead atoms. The highest BCUT2D eigenvalue weighted by Gasteiger charge is 2.27. The molecule has 2 N–H and O–H groups in total. The van der Waals surface area contributed by atoms with Crippen LogP contribution in [0.25, 0.3) is 0 Å². The summed E-state index contributed by atoms with van der Waals surface area (Å²) in [5, 5.41) is 7.12. The van der Waals surface area contributed by atoms with Crippen LogP contribution in [0.5, 0.6) is 0 Å². The highest BCUT2D eigenvalue weighted by atomic mass is 32.2. The molecule has 17 heavy (non-hydrogen) atoms. The van der Waals surface area contributed by atoms with Crippen LogP contribution in [0.15, 0.2) is 17.3 Å². The van der Waals surface area contributed by atoms with Gasteiger partial charge in [-0.3, -0.25) is 4.68 Å². The van der Waals surface area contributed by atoms with Gasteiger partial charge in [-0.1, -0.05) is 6.92 Å². The van der Waals surface area contributed by atoms with Gasteiger partial charge in [0.25, 0.3) is 0 Å². The van der Waals surface area contributed by atoms with Crippen LogP contribution in [-0.4, -0.2) is 37.3 Å². The molecule has 1 fully saturated rings. The molecule has 2 unspecified atom stereocenters. The summed E-state index contributed by atoms with van der Waals surface area (Å²) in [6.07, 6.45) is 3.70. The number of hydrogen-bond donors (Lipinski definition) is 2. The summed E-state index contributed by atoms with van der Waals surface area (Å²) < 4.78 is 28.4. The molecule has 1 aliphatic heterocycles. The number of sulfonamides is 1. The van der Waals surface area contributed by atoms with Crippen molar-refractivity contribution in [3.63, 3.8) is 0 Å². The highest BCUT2D eigenvalue weighted by Crippen LogP contribution is 2.14. The summed E-state index contributed by atoms with van der Waals surface area (Å²) in [5.41, 5.74) is 0. The molecule has 0 radical (unpaired) electrons. The second-order valence-electron chi connectivity index (χ2n) is 4.55. The number of nitrogens with zero attached hydrogens (tertiary/aromatic N) is 2. The van der Waals surface area contributed by atoms with Gasteiger partial charge >= 0.3 is 0 Å². The Morgan fingerprint density at radius 2 is 2.35 bits per heavy atom. The van der Waals surface area contributed by atoms with Gasteiger partial charge in [0.1, 0.15) is 4.90 Å². The number of hydrogen-bond acceptors (Lipinski definition) is 4. The number of aryl methyl sites for hydroxylation is 1. The van der Waals surface area contributed by atoms with E-state index >= 15 is 0 Å². The molecule has 7 heteroatoms. The van der Waals surface area contributed by atoms with Crippen LogP contribution in [-0.2, 0) is 17.1 Å². The van der Waals surface area contributed by atoms with Gasteiger partial charge in [0, 0.05) is 19.3 Å². The van der Waals surface area contributed by atoms with E-state index in [1.54, 1.807) is 7.05 Å². The van der Waals surface area contributed by atoms with Crippen molar-refractivity contribution in [3.8, 4) is 0 Å². The van der Waals surface area contributed by atoms with Crippen molar-refractivity contribution < 1.29 is 8.42 Å². The molecule has 0 aliphatic carbocycles. The summed E-state index contributed by atoms with van der Waals surface area (Å²) >= 11 is 0. The van der Waals surface area contributed by atoms with Gasteiger partial charge in [0.05, 0.1) is 6.20 Å². The Labute approximate surface area is 101 Å². The van der Waals surface area contributed by atoms with Crippen molar-refractivity contribution in [2.24, 2.45) is 13.0 Å². The lowest BCUT2D eigenvalue weighted by atomic mass is 9.97. The van der Waals surface area contributed by atoms with Crippen LogP contribution in [0.4, 0.5) is 0 Å². The maximum atomic E-state index is 12.1. The normalized spacial score (nSPS) is 26.0. The Morgan fingerprint density at radius 3 is 2.94 bits per heavy atom. The molecule has 0 saturated carbocycles. The van der Waals surface area contributed by atoms with Crippen molar-refractivity contribution >= 4 is 10.0 Å². The zero-order valence-corrected chi connectivity index (χ0v) is 10.9. The maximum Gasteiger partial charge on any atom is 0.243 e. The van der Waals surface area contributed by atoms with E-state index in [0.717, 1.165) is 19.5 Å². The smallest absolute Gasteiger partial charge is 0.243 e. The van der Waals surface area contributed by atoms with E-state index < -0.39 is 10.0 Å². The largest absolute Gasteiger partial charge is 0.316 e. The fraction of sp³-hybridized carbons (Fsp3) is 0.700. The van der Waals surface area contributed by atoms with E-state index in [1.807, 2.05) is 6.92 Å². The van der Waals surface area contributed by atoms with E-state index in [0.29, 0.717) is 5.92 Å². The lowest BCUT2D eigenvalue weighted by Gasteiger charge is -2.29. The van der Waals surface area contributed by atoms with E-state index in [9.17, 15) is 8.42 Å². The van der Waals surface area contributed by atoms with Crippen LogP contribution < -0.4 is 10.0 Å². The first-order valence-corrected chi connectivity index (χ1v) is 7.19. The summed E-state index contributed by atoms with van der Waals surface area (Å²) in [6.45, 7) is 3.74. The molecule has 0 spiro atoms. The molecule has 96 valence electrons. The fourth-order valence-electron chi connectivity index (χ4n) is 1.99. The molecule has 2 rings (SSSR count). The topological polar surface area (TPSA) is 76.0 Å². The monoisotopic (exact) mass is 258 g/mol. The van der Waals surface area contributed by atoms with Crippen molar-refractivity contribution in [1.29, 1.82) is 0 Å². The number of aromatic nitrogens is 2. The molecule has 1 aromatic heterocycles. The van der Waals surface area contributed by atoms with Gasteiger partial charge in [0.2, 0.25) is 10.0 Å². The summed E-state index contributed by atoms with van der Waals surface area (Å²) in [6, 6.07) is 0.00135. The minimum absolute atomic E-state index is 0.00135. The second-order valence-corrected chi connectivity index (χ2v) is 6.26. The first-order chi connectivity index (χ1) is 7.99. The van der Waals surface area contributed by atoms with Crippen molar-refractivity contribution in [3.05, 3.63) is 12.4 Å². The minimum Gasteiger partial charge on any atom is -0.316 e. The van der Waals surface area contributed by atoms with Gasteiger partial charge in [-0.2, -0.15) is 5.10 Å². The van der Waals surface area contributed by atoms with Gasteiger partial charge in [-0.15, -0.1) is 0 Å². The average Bonchev–Trinajstić information content (AvgIpc) is 2.69. The van der Waals surface area contributed by atoms with E-state index in [1.165, 1.54) is 17.1 Å². The van der Waals surface area contributed by atoms with Crippen LogP contribution >= 0.6 is 0 Å². The Balaban J connectivity index is 2.11. The van der Waals surface area contributed by atoms with Crippen LogP contribution in [0.3, 0.4) is 0 Å². The maximum absolute atomic E-state index is 12.1. The van der Waals surface area contributed by atoms with E-state index in [4.69, 9.17) is 0 Å². The molecule has 2 heterocycles. The zero-order valence-electron chi connectivity index (χ0n) is 10.0. The zero-order chi connectivity index (χ0) is 12.5. The third kappa shape index (κ3) is 2.85. The Kier molecular flexibility index (Phi) is 3.50. The van der Waals surface area contributed by atoms with Gasteiger partial charge < -0.3 is 5.32 Å². The predicted molar refractivity (Wildman–Crippen MR) is 64.0 cm³/mol. The van der Waals surface area contributed by atoms with Crippen molar-refractivity contribution in [2.75, 3.05) is 13.1 Å². The SMILES string of the molecule is CC1CNCCC1NS(=O)(=O)c1cnn(C)c1. The van der Waals surface area contributed by atoms with Gasteiger partial charge in [-0.05, 0) is 25.4 Å². The summed E-state index contributed by atoms with van der Waals surface area (Å²) in [7, 11) is -1.73. The lowest BCUT2D eigenvalue weighted by Crippen LogP contribution is -2.48. The molecule has 6 nitrogen and oxygen atoms in total. The highest BCUT2D eigenvalue weighted by molar-refractivity contribution is 7.89. The summed E-state index contributed by atoms with van der Waals surface area (Å²) in [5.74, 6) is 0.301. The number of rotatable bonds is 3. The third-order valence-electron chi connectivity index (χ3n) is 3.08. The molecule has 1 saturated heterocycles. The number of nitrogens with one attached hydrogen (secondary N) is 2. The fourth-order valence-corrected chi connectivity index (χ4v) is 3.36. The van der Waals surface area contributed by atoms with Gasteiger partial charge in [-0.25, -0.2) is 13.1 Å². The molecule has 1 aliphatic rings. The lowest BCUT2D eigenvalue weighted by molar-refractivity contribution is 0.328. The molecular weight excluding hydrogens is 240 g/mol. The van der Waals surface area contributed by atoms with Crippen molar-refractivity contribution in [2.45, 2.75) is 24.3 Å². The van der Waals surface area contributed by atoms with Crippen molar-refractivity contribution in [1.82, 2.24) is 19.8 Å². The standard InChI is InChI=1S/C10H18N4O2S/c1-8-5-11-4-3-10(8)13-17(15,16)9-6-12-14(2)7-9/h6-8,10-11,13H,3-5H2,1-2H3. The quantitative estimate of drug-likeness (QED) is 0.780. The van der Waals surface area contributed by atoms with Gasteiger partial charge in [0.15, 0.2) is 0 Å². The van der Waals surface area contributed by atoms with Crippen LogP contribution in [0.1, 0.15) is 13.3 Å². The average molecular weight is 258 g/mol. The molecule has 0 amide bonds. The minimum atomic E-state index is -3.43. The van der Waals surface area contributed by atoms with Crippen LogP contribution in [0, 0.1) is 5.92 Å². The van der Waals surface area contributed by atoms with Crippen LogP contribution in [0.2, 0.25) is 0 Å². The molecule has 0 aromatic carbocycles. The Hall–Kier alpha value is -0.920. The van der Waals surface area contributed by atoms with E-state index in [-0.39, 0.29) is 10.9 Å². The molecule has 2 atom stereocenters. The Morgan fingerprint density at radius 1 is 1.59 bits per heavy atom.